The van der Waals surface area contributed by atoms with Crippen LogP contribution in [0.4, 0.5) is 11.5 Å². The lowest BCUT2D eigenvalue weighted by Crippen LogP contribution is -2.40. The van der Waals surface area contributed by atoms with Crippen molar-refractivity contribution in [2.75, 3.05) is 23.3 Å². The first-order valence-corrected chi connectivity index (χ1v) is 8.26. The largest absolute Gasteiger partial charge is 0.393 e. The first-order valence-electron chi connectivity index (χ1n) is 8.26. The highest BCUT2D eigenvalue weighted by Gasteiger charge is 2.24. The Labute approximate surface area is 141 Å². The SMILES string of the molecule is CC(O)C1CCCN(c2ccc(C(=O)Nc3ccccc3)nn2)C1. The van der Waals surface area contributed by atoms with Crippen LogP contribution in [0.5, 0.6) is 0 Å². The Morgan fingerprint density at radius 2 is 2.04 bits per heavy atom. The minimum absolute atomic E-state index is 0.251. The number of rotatable bonds is 4. The molecule has 2 unspecified atom stereocenters. The van der Waals surface area contributed by atoms with Gasteiger partial charge in [0.15, 0.2) is 11.5 Å². The Balaban J connectivity index is 1.65. The minimum atomic E-state index is -0.323. The molecule has 2 atom stereocenters. The van der Waals surface area contributed by atoms with Gasteiger partial charge in [0, 0.05) is 24.7 Å². The van der Waals surface area contributed by atoms with E-state index in [9.17, 15) is 9.90 Å². The quantitative estimate of drug-likeness (QED) is 0.901. The zero-order valence-corrected chi connectivity index (χ0v) is 13.7. The van der Waals surface area contributed by atoms with Gasteiger partial charge < -0.3 is 15.3 Å². The van der Waals surface area contributed by atoms with E-state index in [4.69, 9.17) is 0 Å². The monoisotopic (exact) mass is 326 g/mol. The van der Waals surface area contributed by atoms with Gasteiger partial charge in [-0.25, -0.2) is 0 Å². The molecule has 2 aromatic rings. The second kappa shape index (κ2) is 7.40. The number of para-hydroxylation sites is 1. The second-order valence-electron chi connectivity index (χ2n) is 6.19. The van der Waals surface area contributed by atoms with Gasteiger partial charge in [-0.1, -0.05) is 18.2 Å². The number of carbonyl (C=O) groups excluding carboxylic acids is 1. The number of anilines is 2. The average Bonchev–Trinajstić information content (AvgIpc) is 2.63. The Bertz CT molecular complexity index is 673. The predicted octanol–water partition coefficient (Wildman–Crippen LogP) is 2.33. The normalized spacial score (nSPS) is 18.9. The zero-order chi connectivity index (χ0) is 16.9. The molecule has 6 nitrogen and oxygen atoms in total. The van der Waals surface area contributed by atoms with Crippen LogP contribution in [0.1, 0.15) is 30.3 Å². The number of hydrogen-bond donors (Lipinski definition) is 2. The van der Waals surface area contributed by atoms with Crippen LogP contribution in [0.2, 0.25) is 0 Å². The van der Waals surface area contributed by atoms with Crippen molar-refractivity contribution in [2.45, 2.75) is 25.9 Å². The van der Waals surface area contributed by atoms with Crippen LogP contribution >= 0.6 is 0 Å². The van der Waals surface area contributed by atoms with Gasteiger partial charge in [-0.3, -0.25) is 4.79 Å². The molecule has 1 aliphatic rings. The number of aliphatic hydroxyl groups excluding tert-OH is 1. The molecule has 2 N–H and O–H groups in total. The second-order valence-corrected chi connectivity index (χ2v) is 6.19. The number of aromatic nitrogens is 2. The number of aliphatic hydroxyl groups is 1. The van der Waals surface area contributed by atoms with Gasteiger partial charge >= 0.3 is 0 Å². The van der Waals surface area contributed by atoms with Crippen molar-refractivity contribution >= 4 is 17.4 Å². The van der Waals surface area contributed by atoms with E-state index in [0.717, 1.165) is 37.4 Å². The summed E-state index contributed by atoms with van der Waals surface area (Å²) in [5, 5.41) is 20.8. The topological polar surface area (TPSA) is 78.4 Å². The van der Waals surface area contributed by atoms with Gasteiger partial charge in [0.25, 0.3) is 5.91 Å². The smallest absolute Gasteiger partial charge is 0.276 e. The van der Waals surface area contributed by atoms with Crippen molar-refractivity contribution in [2.24, 2.45) is 5.92 Å². The van der Waals surface area contributed by atoms with Gasteiger partial charge in [0.1, 0.15) is 0 Å². The highest BCUT2D eigenvalue weighted by Crippen LogP contribution is 2.23. The van der Waals surface area contributed by atoms with E-state index in [1.165, 1.54) is 0 Å². The number of nitrogens with one attached hydrogen (secondary N) is 1. The number of hydrogen-bond acceptors (Lipinski definition) is 5. The Hall–Kier alpha value is -2.47. The van der Waals surface area contributed by atoms with Crippen molar-refractivity contribution in [1.29, 1.82) is 0 Å². The molecule has 0 radical (unpaired) electrons. The number of carbonyl (C=O) groups is 1. The van der Waals surface area contributed by atoms with Crippen LogP contribution in [0.3, 0.4) is 0 Å². The molecule has 0 bridgehead atoms. The first-order chi connectivity index (χ1) is 11.6. The summed E-state index contributed by atoms with van der Waals surface area (Å²) in [6, 6.07) is 12.8. The summed E-state index contributed by atoms with van der Waals surface area (Å²) in [7, 11) is 0. The van der Waals surface area contributed by atoms with Crippen LogP contribution in [0.15, 0.2) is 42.5 Å². The van der Waals surface area contributed by atoms with E-state index in [1.54, 1.807) is 6.07 Å². The van der Waals surface area contributed by atoms with Crippen molar-refractivity contribution in [3.05, 3.63) is 48.2 Å². The van der Waals surface area contributed by atoms with Crippen molar-refractivity contribution < 1.29 is 9.90 Å². The third-order valence-electron chi connectivity index (χ3n) is 4.38. The van der Waals surface area contributed by atoms with E-state index >= 15 is 0 Å². The fraction of sp³-hybridized carbons (Fsp3) is 0.389. The maximum atomic E-state index is 12.2. The maximum Gasteiger partial charge on any atom is 0.276 e. The van der Waals surface area contributed by atoms with E-state index in [-0.39, 0.29) is 23.6 Å². The fourth-order valence-corrected chi connectivity index (χ4v) is 2.94. The molecule has 0 saturated carbocycles. The highest BCUT2D eigenvalue weighted by molar-refractivity contribution is 6.02. The molecule has 1 aromatic heterocycles. The zero-order valence-electron chi connectivity index (χ0n) is 13.7. The number of benzene rings is 1. The van der Waals surface area contributed by atoms with Gasteiger partial charge in [-0.15, -0.1) is 10.2 Å². The third kappa shape index (κ3) is 3.89. The predicted molar refractivity (Wildman–Crippen MR) is 93.0 cm³/mol. The Kier molecular flexibility index (Phi) is 5.05. The molecule has 1 aromatic carbocycles. The molecular formula is C18H22N4O2. The number of piperidine rings is 1. The minimum Gasteiger partial charge on any atom is -0.393 e. The van der Waals surface area contributed by atoms with Crippen molar-refractivity contribution in [3.8, 4) is 0 Å². The van der Waals surface area contributed by atoms with Crippen molar-refractivity contribution in [3.63, 3.8) is 0 Å². The summed E-state index contributed by atoms with van der Waals surface area (Å²) < 4.78 is 0. The molecule has 1 fully saturated rings. The Morgan fingerprint density at radius 1 is 1.25 bits per heavy atom. The maximum absolute atomic E-state index is 12.2. The van der Waals surface area contributed by atoms with E-state index in [2.05, 4.69) is 20.4 Å². The van der Waals surface area contributed by atoms with Crippen LogP contribution in [-0.2, 0) is 0 Å². The van der Waals surface area contributed by atoms with Gasteiger partial charge in [-0.2, -0.15) is 0 Å². The standard InChI is InChI=1S/C18H22N4O2/c1-13(23)14-6-5-11-22(12-14)17-10-9-16(20-21-17)18(24)19-15-7-3-2-4-8-15/h2-4,7-10,13-14,23H,5-6,11-12H2,1H3,(H,19,24). The summed E-state index contributed by atoms with van der Waals surface area (Å²) in [5.74, 6) is 0.721. The molecule has 2 heterocycles. The fourth-order valence-electron chi connectivity index (χ4n) is 2.94. The number of nitrogens with zero attached hydrogens (tertiary/aromatic N) is 3. The molecule has 1 amide bonds. The van der Waals surface area contributed by atoms with Gasteiger partial charge in [0.05, 0.1) is 6.10 Å². The van der Waals surface area contributed by atoms with Gasteiger partial charge in [-0.05, 0) is 44.0 Å². The van der Waals surface area contributed by atoms with Crippen LogP contribution in [-0.4, -0.2) is 40.4 Å². The van der Waals surface area contributed by atoms with Gasteiger partial charge in [0.2, 0.25) is 0 Å². The third-order valence-corrected chi connectivity index (χ3v) is 4.38. The molecule has 0 aliphatic carbocycles. The molecular weight excluding hydrogens is 304 g/mol. The molecule has 1 aliphatic heterocycles. The lowest BCUT2D eigenvalue weighted by Gasteiger charge is -2.34. The summed E-state index contributed by atoms with van der Waals surface area (Å²) in [5.41, 5.74) is 1.01. The van der Waals surface area contributed by atoms with E-state index in [1.807, 2.05) is 43.3 Å². The highest BCUT2D eigenvalue weighted by atomic mass is 16.3. The Morgan fingerprint density at radius 3 is 2.71 bits per heavy atom. The molecule has 0 spiro atoms. The lowest BCUT2D eigenvalue weighted by atomic mass is 9.93. The van der Waals surface area contributed by atoms with Crippen LogP contribution in [0, 0.1) is 5.92 Å². The number of amides is 1. The molecule has 126 valence electrons. The van der Waals surface area contributed by atoms with E-state index < -0.39 is 0 Å². The van der Waals surface area contributed by atoms with Crippen LogP contribution in [0.25, 0.3) is 0 Å². The summed E-state index contributed by atoms with van der Waals surface area (Å²) in [6.45, 7) is 3.49. The first kappa shape index (κ1) is 16.4. The average molecular weight is 326 g/mol. The molecule has 24 heavy (non-hydrogen) atoms. The van der Waals surface area contributed by atoms with E-state index in [0.29, 0.717) is 0 Å². The lowest BCUT2D eigenvalue weighted by molar-refractivity contribution is 0.102. The van der Waals surface area contributed by atoms with Crippen LogP contribution < -0.4 is 10.2 Å². The molecule has 1 saturated heterocycles. The summed E-state index contributed by atoms with van der Waals surface area (Å²) >= 11 is 0. The van der Waals surface area contributed by atoms with Crippen molar-refractivity contribution in [1.82, 2.24) is 10.2 Å². The molecule has 6 heteroatoms. The summed E-state index contributed by atoms with van der Waals surface area (Å²) in [6.07, 6.45) is 1.73. The molecule has 3 rings (SSSR count). The summed E-state index contributed by atoms with van der Waals surface area (Å²) in [4.78, 5) is 14.3.